The van der Waals surface area contributed by atoms with Gasteiger partial charge in [0.15, 0.2) is 5.82 Å². The van der Waals surface area contributed by atoms with Gasteiger partial charge < -0.3 is 9.15 Å². The van der Waals surface area contributed by atoms with Crippen molar-refractivity contribution in [2.45, 2.75) is 44.9 Å². The summed E-state index contributed by atoms with van der Waals surface area (Å²) >= 11 is 0. The molecule has 9 aromatic rings. The molecule has 9 heteroatoms. The lowest BCUT2D eigenvalue weighted by Gasteiger charge is -2.36. The van der Waals surface area contributed by atoms with Crippen molar-refractivity contribution in [3.63, 3.8) is 0 Å². The average Bonchev–Trinajstić information content (AvgIpc) is 4.02. The number of hydrogen-bond acceptors (Lipinski definition) is 7. The highest BCUT2D eigenvalue weighted by Gasteiger charge is 2.42. The van der Waals surface area contributed by atoms with Crippen LogP contribution in [-0.4, -0.2) is 29.8 Å². The number of aryl methyl sites for hydroxylation is 1. The smallest absolute Gasteiger partial charge is 0.284 e. The number of hydrogen-bond donors (Lipinski definition) is 0. The van der Waals surface area contributed by atoms with Crippen LogP contribution >= 0.6 is 0 Å². The maximum Gasteiger partial charge on any atom is 0.284 e. The number of rotatable bonds is 14. The van der Waals surface area contributed by atoms with E-state index in [1.807, 2.05) is 57.8 Å². The van der Waals surface area contributed by atoms with Crippen molar-refractivity contribution in [2.75, 3.05) is 0 Å². The van der Waals surface area contributed by atoms with E-state index in [0.29, 0.717) is 35.6 Å². The van der Waals surface area contributed by atoms with Crippen molar-refractivity contribution in [3.8, 4) is 28.5 Å². The Labute approximate surface area is 342 Å². The first kappa shape index (κ1) is 37.2. The summed E-state index contributed by atoms with van der Waals surface area (Å²) in [6.45, 7) is 2.82. The van der Waals surface area contributed by atoms with Gasteiger partial charge >= 0.3 is 0 Å². The molecule has 0 aliphatic carbocycles. The standard InChI is InChI=1S/C50H42N6O3/c1-2-3-24-46-51-45-31-28-37(35-59-47-25-15-32-58-47)33-44(45)49(57)55(46)34-36-26-29-38(30-27-36)42-22-13-14-23-43(42)48-52-53-54-56(48)50(39-16-7-4-8-17-39,40-18-9-5-10-19-40)41-20-11-6-12-21-41/h4-23,25-33H,2-3,24,34-35H2,1H3. The molecule has 290 valence electrons. The highest BCUT2D eigenvalue weighted by Crippen LogP contribution is 2.43. The van der Waals surface area contributed by atoms with Crippen LogP contribution in [0.25, 0.3) is 33.4 Å². The van der Waals surface area contributed by atoms with E-state index >= 15 is 0 Å². The molecule has 0 fully saturated rings. The van der Waals surface area contributed by atoms with Crippen molar-refractivity contribution in [1.82, 2.24) is 29.8 Å². The van der Waals surface area contributed by atoms with E-state index in [0.717, 1.165) is 63.2 Å². The van der Waals surface area contributed by atoms with Gasteiger partial charge in [-0.3, -0.25) is 9.36 Å². The third-order valence-electron chi connectivity index (χ3n) is 10.9. The molecule has 3 aromatic heterocycles. The molecule has 0 radical (unpaired) electrons. The molecule has 3 heterocycles. The predicted octanol–water partition coefficient (Wildman–Crippen LogP) is 10.1. The fraction of sp³-hybridized carbons (Fsp3) is 0.140. The van der Waals surface area contributed by atoms with Crippen molar-refractivity contribution in [2.24, 2.45) is 0 Å². The Kier molecular flexibility index (Phi) is 10.5. The zero-order valence-corrected chi connectivity index (χ0v) is 32.7. The average molecular weight is 775 g/mol. The number of nitrogens with zero attached hydrogens (tertiary/aromatic N) is 6. The summed E-state index contributed by atoms with van der Waals surface area (Å²) in [5.74, 6) is 1.84. The van der Waals surface area contributed by atoms with Crippen LogP contribution in [0.2, 0.25) is 0 Å². The number of fused-ring (bicyclic) bond motifs is 1. The first-order valence-corrected chi connectivity index (χ1v) is 20.0. The molecule has 0 N–H and O–H groups in total. The summed E-state index contributed by atoms with van der Waals surface area (Å²) in [4.78, 5) is 19.2. The zero-order chi connectivity index (χ0) is 40.0. The molecule has 0 aliphatic heterocycles. The van der Waals surface area contributed by atoms with E-state index in [1.165, 1.54) is 0 Å². The first-order chi connectivity index (χ1) is 29.1. The number of aromatic nitrogens is 6. The Morgan fingerprint density at radius 3 is 1.93 bits per heavy atom. The van der Waals surface area contributed by atoms with Gasteiger partial charge in [0, 0.05) is 18.1 Å². The van der Waals surface area contributed by atoms with Crippen LogP contribution in [0.5, 0.6) is 5.95 Å². The fourth-order valence-electron chi connectivity index (χ4n) is 7.98. The molecule has 9 nitrogen and oxygen atoms in total. The van der Waals surface area contributed by atoms with Crippen molar-refractivity contribution >= 4 is 10.9 Å². The molecule has 0 saturated carbocycles. The summed E-state index contributed by atoms with van der Waals surface area (Å²) in [5.41, 5.74) is 7.55. The fourth-order valence-corrected chi connectivity index (χ4v) is 7.98. The summed E-state index contributed by atoms with van der Waals surface area (Å²) in [7, 11) is 0. The van der Waals surface area contributed by atoms with Crippen LogP contribution in [0.4, 0.5) is 0 Å². The summed E-state index contributed by atoms with van der Waals surface area (Å²) in [6.07, 6.45) is 4.21. The third kappa shape index (κ3) is 7.23. The summed E-state index contributed by atoms with van der Waals surface area (Å²) < 4.78 is 14.9. The second-order valence-corrected chi connectivity index (χ2v) is 14.6. The second kappa shape index (κ2) is 16.6. The van der Waals surface area contributed by atoms with Crippen molar-refractivity contribution in [3.05, 3.63) is 220 Å². The van der Waals surface area contributed by atoms with Crippen LogP contribution in [0.15, 0.2) is 185 Å². The highest BCUT2D eigenvalue weighted by molar-refractivity contribution is 5.81. The number of furan rings is 1. The van der Waals surface area contributed by atoms with Crippen LogP contribution in [-0.2, 0) is 25.1 Å². The van der Waals surface area contributed by atoms with Crippen LogP contribution in [0.1, 0.15) is 53.4 Å². The first-order valence-electron chi connectivity index (χ1n) is 20.0. The Balaban J connectivity index is 1.09. The third-order valence-corrected chi connectivity index (χ3v) is 10.9. The second-order valence-electron chi connectivity index (χ2n) is 14.6. The molecule has 0 spiro atoms. The Bertz CT molecular complexity index is 2760. The monoisotopic (exact) mass is 774 g/mol. The van der Waals surface area contributed by atoms with Gasteiger partial charge in [-0.2, -0.15) is 0 Å². The van der Waals surface area contributed by atoms with Gasteiger partial charge in [-0.15, -0.1) is 5.10 Å². The van der Waals surface area contributed by atoms with E-state index in [2.05, 4.69) is 121 Å². The van der Waals surface area contributed by atoms with Crippen LogP contribution in [0, 0.1) is 0 Å². The van der Waals surface area contributed by atoms with Gasteiger partial charge in [-0.25, -0.2) is 9.67 Å². The van der Waals surface area contributed by atoms with E-state index in [-0.39, 0.29) is 12.2 Å². The molecular weight excluding hydrogens is 733 g/mol. The van der Waals surface area contributed by atoms with Crippen LogP contribution in [0.3, 0.4) is 0 Å². The van der Waals surface area contributed by atoms with Gasteiger partial charge in [0.05, 0.1) is 23.7 Å². The number of tetrazole rings is 1. The van der Waals surface area contributed by atoms with Crippen LogP contribution < -0.4 is 10.3 Å². The SMILES string of the molecule is CCCCc1nc2ccc(COc3ccco3)cc2c(=O)n1Cc1ccc(-c2ccccc2-c2nnnn2C(c2ccccc2)(c2ccccc2)c2ccccc2)cc1. The Morgan fingerprint density at radius 2 is 1.31 bits per heavy atom. The molecule has 0 unspecified atom stereocenters. The van der Waals surface area contributed by atoms with Gasteiger partial charge in [0.2, 0.25) is 0 Å². The Hall–Kier alpha value is -7.39. The van der Waals surface area contributed by atoms with Gasteiger partial charge in [-0.1, -0.05) is 159 Å². The molecule has 0 amide bonds. The molecule has 0 atom stereocenters. The van der Waals surface area contributed by atoms with E-state index in [9.17, 15) is 4.79 Å². The quantitative estimate of drug-likeness (QED) is 0.101. The number of ether oxygens (including phenoxy) is 1. The largest absolute Gasteiger partial charge is 0.460 e. The maximum atomic E-state index is 14.2. The molecule has 0 bridgehead atoms. The Morgan fingerprint density at radius 1 is 0.678 bits per heavy atom. The number of unbranched alkanes of at least 4 members (excludes halogenated alkanes) is 1. The molecule has 0 aliphatic rings. The molecule has 0 saturated heterocycles. The molecule has 59 heavy (non-hydrogen) atoms. The van der Waals surface area contributed by atoms with Gasteiger partial charge in [0.1, 0.15) is 18.0 Å². The summed E-state index contributed by atoms with van der Waals surface area (Å²) in [5, 5.41) is 14.4. The van der Waals surface area contributed by atoms with Gasteiger partial charge in [0.25, 0.3) is 11.5 Å². The minimum Gasteiger partial charge on any atom is -0.460 e. The minimum absolute atomic E-state index is 0.0686. The predicted molar refractivity (Wildman–Crippen MR) is 230 cm³/mol. The van der Waals surface area contributed by atoms with E-state index in [4.69, 9.17) is 24.5 Å². The lowest BCUT2D eigenvalue weighted by Crippen LogP contribution is -2.39. The van der Waals surface area contributed by atoms with Crippen molar-refractivity contribution in [1.29, 1.82) is 0 Å². The lowest BCUT2D eigenvalue weighted by molar-refractivity contribution is 0.232. The minimum atomic E-state index is -0.885. The zero-order valence-electron chi connectivity index (χ0n) is 32.7. The van der Waals surface area contributed by atoms with E-state index in [1.54, 1.807) is 18.4 Å². The molecule has 6 aromatic carbocycles. The highest BCUT2D eigenvalue weighted by atomic mass is 16.6. The summed E-state index contributed by atoms with van der Waals surface area (Å²) in [6, 6.07) is 57.1. The normalized spacial score (nSPS) is 11.5. The molecule has 9 rings (SSSR count). The van der Waals surface area contributed by atoms with Crippen molar-refractivity contribution < 1.29 is 9.15 Å². The van der Waals surface area contributed by atoms with Gasteiger partial charge in [-0.05, 0) is 74.0 Å². The maximum absolute atomic E-state index is 14.2. The topological polar surface area (TPSA) is 101 Å². The number of benzene rings is 6. The van der Waals surface area contributed by atoms with E-state index < -0.39 is 5.54 Å². The lowest BCUT2D eigenvalue weighted by atomic mass is 9.77. The molecular formula is C50H42N6O3.